The Kier molecular flexibility index (Phi) is 6.91. The fraction of sp³-hybridized carbons (Fsp3) is 0.280. The molecule has 3 N–H and O–H groups in total. The SMILES string of the molecule is CC(C)(C)OC(=O)Nc1ccccc1[C@@H]1C[C@]1(NS(=O)(=O)c1ccc(-c2ccc(Cl)cc2)s1)C(=O)O. The van der Waals surface area contributed by atoms with Crippen molar-refractivity contribution in [3.63, 3.8) is 0 Å². The lowest BCUT2D eigenvalue weighted by Crippen LogP contribution is -2.44. The first kappa shape index (κ1) is 26.2. The van der Waals surface area contributed by atoms with Gasteiger partial charge in [-0.1, -0.05) is 41.9 Å². The van der Waals surface area contributed by atoms with Gasteiger partial charge in [0, 0.05) is 21.5 Å². The molecule has 1 saturated carbocycles. The number of rotatable bonds is 7. The van der Waals surface area contributed by atoms with Gasteiger partial charge in [0.15, 0.2) is 0 Å². The number of carboxylic acid groups (broad SMARTS) is 1. The normalized spacial score (nSPS) is 19.5. The topological polar surface area (TPSA) is 122 Å². The molecule has 1 aromatic heterocycles. The number of halogens is 1. The van der Waals surface area contributed by atoms with E-state index in [0.717, 1.165) is 16.9 Å². The highest BCUT2D eigenvalue weighted by Gasteiger charge is 2.64. The van der Waals surface area contributed by atoms with Crippen LogP contribution in [0, 0.1) is 0 Å². The zero-order valence-electron chi connectivity index (χ0n) is 19.7. The van der Waals surface area contributed by atoms with Gasteiger partial charge in [-0.25, -0.2) is 13.2 Å². The maximum atomic E-state index is 13.2. The zero-order valence-corrected chi connectivity index (χ0v) is 22.1. The van der Waals surface area contributed by atoms with E-state index in [-0.39, 0.29) is 10.6 Å². The van der Waals surface area contributed by atoms with Crippen molar-refractivity contribution in [1.82, 2.24) is 4.72 Å². The predicted molar refractivity (Wildman–Crippen MR) is 139 cm³/mol. The van der Waals surface area contributed by atoms with Crippen LogP contribution in [0.2, 0.25) is 5.02 Å². The summed E-state index contributed by atoms with van der Waals surface area (Å²) in [6, 6.07) is 16.8. The molecule has 0 unspecified atom stereocenters. The van der Waals surface area contributed by atoms with Crippen molar-refractivity contribution in [3.8, 4) is 10.4 Å². The van der Waals surface area contributed by atoms with Crippen molar-refractivity contribution >= 4 is 50.7 Å². The van der Waals surface area contributed by atoms with E-state index in [2.05, 4.69) is 10.0 Å². The zero-order chi connectivity index (χ0) is 26.3. The molecule has 4 rings (SSSR count). The van der Waals surface area contributed by atoms with Gasteiger partial charge in [0.1, 0.15) is 15.3 Å². The largest absolute Gasteiger partial charge is 0.480 e. The molecule has 0 radical (unpaired) electrons. The first-order valence-corrected chi connectivity index (χ1v) is 13.7. The van der Waals surface area contributed by atoms with E-state index in [0.29, 0.717) is 21.2 Å². The monoisotopic (exact) mass is 548 g/mol. The summed E-state index contributed by atoms with van der Waals surface area (Å²) in [4.78, 5) is 25.3. The average Bonchev–Trinajstić information content (AvgIpc) is 3.25. The number of aliphatic carboxylic acids is 1. The van der Waals surface area contributed by atoms with Crippen LogP contribution in [0.25, 0.3) is 10.4 Å². The summed E-state index contributed by atoms with van der Waals surface area (Å²) in [6.07, 6.45) is -0.658. The maximum absolute atomic E-state index is 13.2. The number of ether oxygens (including phenoxy) is 1. The lowest BCUT2D eigenvalue weighted by Gasteiger charge is -2.21. The highest BCUT2D eigenvalue weighted by Crippen LogP contribution is 2.54. The van der Waals surface area contributed by atoms with Gasteiger partial charge >= 0.3 is 12.1 Å². The molecule has 0 spiro atoms. The van der Waals surface area contributed by atoms with Crippen molar-refractivity contribution in [1.29, 1.82) is 0 Å². The molecule has 1 amide bonds. The van der Waals surface area contributed by atoms with Gasteiger partial charge in [-0.3, -0.25) is 10.1 Å². The van der Waals surface area contributed by atoms with Gasteiger partial charge in [0.2, 0.25) is 0 Å². The predicted octanol–water partition coefficient (Wildman–Crippen LogP) is 5.70. The Bertz CT molecular complexity index is 1410. The molecule has 1 aliphatic carbocycles. The Hall–Kier alpha value is -2.92. The Morgan fingerprint density at radius 2 is 1.75 bits per heavy atom. The van der Waals surface area contributed by atoms with Crippen LogP contribution in [-0.4, -0.2) is 36.7 Å². The number of carbonyl (C=O) groups excluding carboxylic acids is 1. The van der Waals surface area contributed by atoms with Crippen LogP contribution in [0.15, 0.2) is 64.9 Å². The standard InChI is InChI=1S/C25H25ClN2O6S2/c1-24(2,3)34-23(31)27-19-7-5-4-6-17(19)18-14-25(18,22(29)30)28-36(32,33)21-13-12-20(35-21)15-8-10-16(26)11-9-15/h4-13,18,28H,14H2,1-3H3,(H,27,31)(H,29,30)/t18-,25+/m0/s1. The molecule has 8 nitrogen and oxygen atoms in total. The minimum atomic E-state index is -4.15. The van der Waals surface area contributed by atoms with Crippen LogP contribution >= 0.6 is 22.9 Å². The summed E-state index contributed by atoms with van der Waals surface area (Å²) in [5.41, 5.74) is -0.800. The molecule has 2 aromatic carbocycles. The van der Waals surface area contributed by atoms with Gasteiger partial charge in [0.05, 0.1) is 0 Å². The van der Waals surface area contributed by atoms with Crippen molar-refractivity contribution in [2.75, 3.05) is 5.32 Å². The molecule has 0 saturated heterocycles. The summed E-state index contributed by atoms with van der Waals surface area (Å²) in [7, 11) is -4.15. The van der Waals surface area contributed by atoms with Gasteiger partial charge < -0.3 is 9.84 Å². The number of thiophene rings is 1. The average molecular weight is 549 g/mol. The molecule has 0 aliphatic heterocycles. The molecule has 1 heterocycles. The minimum absolute atomic E-state index is 0.00103. The van der Waals surface area contributed by atoms with Crippen LogP contribution in [0.3, 0.4) is 0 Å². The number of benzene rings is 2. The lowest BCUT2D eigenvalue weighted by atomic mass is 10.0. The number of carboxylic acids is 1. The maximum Gasteiger partial charge on any atom is 0.412 e. The van der Waals surface area contributed by atoms with E-state index < -0.39 is 39.1 Å². The second-order valence-corrected chi connectivity index (χ2v) is 12.9. The number of para-hydroxylation sites is 1. The van der Waals surface area contributed by atoms with E-state index in [1.165, 1.54) is 6.07 Å². The fourth-order valence-electron chi connectivity index (χ4n) is 3.88. The summed E-state index contributed by atoms with van der Waals surface area (Å²) >= 11 is 6.96. The van der Waals surface area contributed by atoms with Crippen LogP contribution in [-0.2, 0) is 19.6 Å². The van der Waals surface area contributed by atoms with Crippen molar-refractivity contribution in [2.24, 2.45) is 0 Å². The van der Waals surface area contributed by atoms with Gasteiger partial charge in [-0.15, -0.1) is 11.3 Å². The molecule has 0 bridgehead atoms. The first-order valence-electron chi connectivity index (χ1n) is 11.0. The molecular formula is C25H25ClN2O6S2. The second kappa shape index (κ2) is 9.51. The smallest absolute Gasteiger partial charge is 0.412 e. The summed E-state index contributed by atoms with van der Waals surface area (Å²) in [6.45, 7) is 5.19. The second-order valence-electron chi connectivity index (χ2n) is 9.48. The fourth-order valence-corrected chi connectivity index (χ4v) is 6.73. The van der Waals surface area contributed by atoms with E-state index in [1.807, 2.05) is 0 Å². The molecule has 36 heavy (non-hydrogen) atoms. The van der Waals surface area contributed by atoms with Crippen molar-refractivity contribution < 1.29 is 27.9 Å². The number of hydrogen-bond acceptors (Lipinski definition) is 6. The van der Waals surface area contributed by atoms with Crippen LogP contribution in [0.5, 0.6) is 0 Å². The Labute approximate surface area is 218 Å². The van der Waals surface area contributed by atoms with E-state index in [1.54, 1.807) is 75.4 Å². The molecule has 190 valence electrons. The number of anilines is 1. The summed E-state index contributed by atoms with van der Waals surface area (Å²) < 4.78 is 34.1. The molecule has 11 heteroatoms. The first-order chi connectivity index (χ1) is 16.8. The summed E-state index contributed by atoms with van der Waals surface area (Å²) in [5, 5.41) is 13.2. The third kappa shape index (κ3) is 5.57. The van der Waals surface area contributed by atoms with Crippen molar-refractivity contribution in [2.45, 2.75) is 48.5 Å². The number of amides is 1. The van der Waals surface area contributed by atoms with E-state index >= 15 is 0 Å². The van der Waals surface area contributed by atoms with E-state index in [4.69, 9.17) is 16.3 Å². The van der Waals surface area contributed by atoms with Gasteiger partial charge in [0.25, 0.3) is 10.0 Å². The third-order valence-electron chi connectivity index (χ3n) is 5.61. The highest BCUT2D eigenvalue weighted by molar-refractivity contribution is 7.91. The highest BCUT2D eigenvalue weighted by atomic mass is 35.5. The summed E-state index contributed by atoms with van der Waals surface area (Å²) in [5.74, 6) is -1.98. The van der Waals surface area contributed by atoms with Crippen LogP contribution in [0.1, 0.15) is 38.7 Å². The number of nitrogens with one attached hydrogen (secondary N) is 2. The van der Waals surface area contributed by atoms with E-state index in [9.17, 15) is 23.1 Å². The molecular weight excluding hydrogens is 524 g/mol. The van der Waals surface area contributed by atoms with Crippen LogP contribution in [0.4, 0.5) is 10.5 Å². The Balaban J connectivity index is 1.57. The molecule has 3 aromatic rings. The third-order valence-corrected chi connectivity index (χ3v) is 8.99. The number of sulfonamides is 1. The van der Waals surface area contributed by atoms with Crippen LogP contribution < -0.4 is 10.0 Å². The lowest BCUT2D eigenvalue weighted by molar-refractivity contribution is -0.140. The molecule has 1 aliphatic rings. The molecule has 2 atom stereocenters. The number of hydrogen-bond donors (Lipinski definition) is 3. The number of carbonyl (C=O) groups is 2. The minimum Gasteiger partial charge on any atom is -0.480 e. The van der Waals surface area contributed by atoms with Gasteiger partial charge in [-0.05, 0) is 68.7 Å². The Morgan fingerprint density at radius 1 is 1.08 bits per heavy atom. The van der Waals surface area contributed by atoms with Gasteiger partial charge in [-0.2, -0.15) is 4.72 Å². The van der Waals surface area contributed by atoms with Crippen molar-refractivity contribution in [3.05, 3.63) is 71.2 Å². The molecule has 1 fully saturated rings. The Morgan fingerprint density at radius 3 is 2.39 bits per heavy atom. The quantitative estimate of drug-likeness (QED) is 0.348.